The summed E-state index contributed by atoms with van der Waals surface area (Å²) >= 11 is 0. The summed E-state index contributed by atoms with van der Waals surface area (Å²) < 4.78 is 29.0. The van der Waals surface area contributed by atoms with Crippen LogP contribution in [0.4, 0.5) is 5.95 Å². The van der Waals surface area contributed by atoms with Gasteiger partial charge in [0.2, 0.25) is 16.0 Å². The Bertz CT molecular complexity index is 1220. The van der Waals surface area contributed by atoms with Crippen LogP contribution in [-0.4, -0.2) is 52.9 Å². The number of nitrogens with zero attached hydrogens (tertiary/aromatic N) is 5. The van der Waals surface area contributed by atoms with Crippen molar-refractivity contribution in [3.63, 3.8) is 0 Å². The average molecular weight is 454 g/mol. The van der Waals surface area contributed by atoms with E-state index in [1.807, 2.05) is 25.1 Å². The zero-order chi connectivity index (χ0) is 22.7. The number of benzene rings is 1. The van der Waals surface area contributed by atoms with Crippen LogP contribution in [0.15, 0.2) is 70.6 Å². The molecular formula is C23H27N5O3S. The fraction of sp³-hybridized carbons (Fsp3) is 0.348. The fourth-order valence-electron chi connectivity index (χ4n) is 4.15. The highest BCUT2D eigenvalue weighted by molar-refractivity contribution is 7.89. The van der Waals surface area contributed by atoms with Gasteiger partial charge in [0.15, 0.2) is 0 Å². The second kappa shape index (κ2) is 9.22. The van der Waals surface area contributed by atoms with Gasteiger partial charge in [-0.25, -0.2) is 13.4 Å². The van der Waals surface area contributed by atoms with E-state index in [1.165, 1.54) is 6.07 Å². The van der Waals surface area contributed by atoms with Crippen LogP contribution in [0, 0.1) is 0 Å². The van der Waals surface area contributed by atoms with Crippen LogP contribution < -0.4 is 10.5 Å². The maximum Gasteiger partial charge on any atom is 0.255 e. The van der Waals surface area contributed by atoms with E-state index in [-0.39, 0.29) is 11.6 Å². The number of aromatic nitrogens is 3. The van der Waals surface area contributed by atoms with Crippen LogP contribution in [0.5, 0.6) is 0 Å². The van der Waals surface area contributed by atoms with Crippen molar-refractivity contribution >= 4 is 16.0 Å². The lowest BCUT2D eigenvalue weighted by Gasteiger charge is -2.38. The van der Waals surface area contributed by atoms with Crippen LogP contribution in [0.3, 0.4) is 0 Å². The Hall–Kier alpha value is -3.04. The highest BCUT2D eigenvalue weighted by Gasteiger charge is 2.32. The number of pyridine rings is 1. The first kappa shape index (κ1) is 22.2. The highest BCUT2D eigenvalue weighted by atomic mass is 32.2. The second-order valence-electron chi connectivity index (χ2n) is 7.81. The Morgan fingerprint density at radius 3 is 2.34 bits per heavy atom. The number of sulfonamides is 1. The summed E-state index contributed by atoms with van der Waals surface area (Å²) in [4.78, 5) is 23.9. The first-order valence-corrected chi connectivity index (χ1v) is 12.2. The van der Waals surface area contributed by atoms with Crippen LogP contribution in [-0.2, 0) is 17.1 Å². The molecule has 168 valence electrons. The Morgan fingerprint density at radius 1 is 1.06 bits per heavy atom. The molecule has 1 aromatic carbocycles. The Balaban J connectivity index is 1.57. The van der Waals surface area contributed by atoms with Gasteiger partial charge in [0.05, 0.1) is 10.6 Å². The molecule has 9 heteroatoms. The van der Waals surface area contributed by atoms with Crippen molar-refractivity contribution in [3.8, 4) is 11.3 Å². The van der Waals surface area contributed by atoms with E-state index in [2.05, 4.69) is 9.88 Å². The predicted molar refractivity (Wildman–Crippen MR) is 124 cm³/mol. The normalized spacial score (nSPS) is 15.6. The van der Waals surface area contributed by atoms with Gasteiger partial charge in [0.1, 0.15) is 0 Å². The monoisotopic (exact) mass is 453 g/mol. The molecule has 0 bridgehead atoms. The third-order valence-electron chi connectivity index (χ3n) is 5.93. The second-order valence-corrected chi connectivity index (χ2v) is 9.75. The molecule has 1 aliphatic rings. The Kier molecular flexibility index (Phi) is 6.38. The number of hydrogen-bond donors (Lipinski definition) is 0. The SMILES string of the molecule is CCN(c1nc(-c2ccncc2)cc(=O)n1C)C1CCN(S(=O)(=O)c2ccccc2)CC1. The summed E-state index contributed by atoms with van der Waals surface area (Å²) in [5.74, 6) is 0.594. The molecule has 0 atom stereocenters. The minimum atomic E-state index is -3.50. The maximum atomic E-state index is 13.0. The molecule has 3 heterocycles. The van der Waals surface area contributed by atoms with Gasteiger partial charge in [0, 0.05) is 56.7 Å². The minimum absolute atomic E-state index is 0.0908. The van der Waals surface area contributed by atoms with Crippen molar-refractivity contribution in [2.24, 2.45) is 7.05 Å². The number of hydrogen-bond acceptors (Lipinski definition) is 6. The maximum absolute atomic E-state index is 13.0. The van der Waals surface area contributed by atoms with Gasteiger partial charge in [-0.05, 0) is 44.0 Å². The zero-order valence-corrected chi connectivity index (χ0v) is 19.1. The molecular weight excluding hydrogens is 426 g/mol. The van der Waals surface area contributed by atoms with Crippen molar-refractivity contribution in [3.05, 3.63) is 71.3 Å². The molecule has 3 aromatic rings. The van der Waals surface area contributed by atoms with E-state index in [9.17, 15) is 13.2 Å². The van der Waals surface area contributed by atoms with E-state index in [1.54, 1.807) is 52.6 Å². The van der Waals surface area contributed by atoms with E-state index in [0.717, 1.165) is 5.56 Å². The van der Waals surface area contributed by atoms with Crippen molar-refractivity contribution < 1.29 is 8.42 Å². The van der Waals surface area contributed by atoms with Crippen molar-refractivity contribution in [1.29, 1.82) is 0 Å². The molecule has 4 rings (SSSR count). The van der Waals surface area contributed by atoms with Gasteiger partial charge in [-0.3, -0.25) is 14.3 Å². The molecule has 1 aliphatic heterocycles. The minimum Gasteiger partial charge on any atom is -0.339 e. The summed E-state index contributed by atoms with van der Waals surface area (Å²) in [6.45, 7) is 3.54. The van der Waals surface area contributed by atoms with E-state index in [4.69, 9.17) is 4.98 Å². The molecule has 0 N–H and O–H groups in total. The van der Waals surface area contributed by atoms with Crippen LogP contribution >= 0.6 is 0 Å². The largest absolute Gasteiger partial charge is 0.339 e. The molecule has 0 aliphatic carbocycles. The lowest BCUT2D eigenvalue weighted by atomic mass is 10.1. The quantitative estimate of drug-likeness (QED) is 0.570. The highest BCUT2D eigenvalue weighted by Crippen LogP contribution is 2.26. The first-order chi connectivity index (χ1) is 15.4. The van der Waals surface area contributed by atoms with Gasteiger partial charge in [0.25, 0.3) is 5.56 Å². The summed E-state index contributed by atoms with van der Waals surface area (Å²) in [7, 11) is -1.78. The molecule has 32 heavy (non-hydrogen) atoms. The summed E-state index contributed by atoms with van der Waals surface area (Å²) in [5, 5.41) is 0. The number of rotatable bonds is 6. The number of piperidine rings is 1. The van der Waals surface area contributed by atoms with Gasteiger partial charge in [-0.2, -0.15) is 4.31 Å². The molecule has 8 nitrogen and oxygen atoms in total. The molecule has 0 unspecified atom stereocenters. The fourth-order valence-corrected chi connectivity index (χ4v) is 5.64. The van der Waals surface area contributed by atoms with Crippen LogP contribution in [0.2, 0.25) is 0 Å². The van der Waals surface area contributed by atoms with Gasteiger partial charge < -0.3 is 4.90 Å². The third-order valence-corrected chi connectivity index (χ3v) is 7.84. The average Bonchev–Trinajstić information content (AvgIpc) is 2.83. The predicted octanol–water partition coefficient (Wildman–Crippen LogP) is 2.52. The molecule has 0 radical (unpaired) electrons. The molecule has 1 fully saturated rings. The van der Waals surface area contributed by atoms with E-state index < -0.39 is 10.0 Å². The zero-order valence-electron chi connectivity index (χ0n) is 18.3. The van der Waals surface area contributed by atoms with E-state index >= 15 is 0 Å². The van der Waals surface area contributed by atoms with Gasteiger partial charge in [-0.15, -0.1) is 0 Å². The molecule has 1 saturated heterocycles. The molecule has 0 spiro atoms. The Morgan fingerprint density at radius 2 is 1.72 bits per heavy atom. The molecule has 2 aromatic heterocycles. The van der Waals surface area contributed by atoms with Crippen LogP contribution in [0.1, 0.15) is 19.8 Å². The molecule has 0 amide bonds. The number of anilines is 1. The third kappa shape index (κ3) is 4.31. The first-order valence-electron chi connectivity index (χ1n) is 10.7. The molecule has 0 saturated carbocycles. The summed E-state index contributed by atoms with van der Waals surface area (Å²) in [5.41, 5.74) is 1.30. The van der Waals surface area contributed by atoms with Gasteiger partial charge >= 0.3 is 0 Å². The van der Waals surface area contributed by atoms with Gasteiger partial charge in [-0.1, -0.05) is 18.2 Å². The van der Waals surface area contributed by atoms with Crippen LogP contribution in [0.25, 0.3) is 11.3 Å². The lowest BCUT2D eigenvalue weighted by Crippen LogP contribution is -2.48. The summed E-state index contributed by atoms with van der Waals surface area (Å²) in [6, 6.07) is 13.8. The summed E-state index contributed by atoms with van der Waals surface area (Å²) in [6.07, 6.45) is 4.67. The topological polar surface area (TPSA) is 88.4 Å². The van der Waals surface area contributed by atoms with E-state index in [0.29, 0.717) is 49.0 Å². The Labute approximate surface area is 188 Å². The van der Waals surface area contributed by atoms with Crippen molar-refractivity contribution in [1.82, 2.24) is 18.8 Å². The standard InChI is InChI=1S/C23H27N5O3S/c1-3-28(23-25-21(17-22(29)26(23)2)18-9-13-24-14-10-18)19-11-15-27(16-12-19)32(30,31)20-7-5-4-6-8-20/h4-10,13-14,17,19H,3,11-12,15-16H2,1-2H3. The van der Waals surface area contributed by atoms with Crippen molar-refractivity contribution in [2.45, 2.75) is 30.7 Å². The smallest absolute Gasteiger partial charge is 0.255 e. The van der Waals surface area contributed by atoms with Crippen molar-refractivity contribution in [2.75, 3.05) is 24.5 Å². The lowest BCUT2D eigenvalue weighted by molar-refractivity contribution is 0.308.